The Morgan fingerprint density at radius 2 is 2.19 bits per heavy atom. The van der Waals surface area contributed by atoms with Crippen LogP contribution in [0.25, 0.3) is 11.0 Å². The van der Waals surface area contributed by atoms with Crippen molar-refractivity contribution in [3.63, 3.8) is 0 Å². The van der Waals surface area contributed by atoms with Gasteiger partial charge in [-0.15, -0.1) is 11.6 Å². The van der Waals surface area contributed by atoms with E-state index in [0.717, 1.165) is 17.8 Å². The first-order chi connectivity index (χ1) is 9.90. The summed E-state index contributed by atoms with van der Waals surface area (Å²) >= 11 is 11.9. The molecule has 2 unspecified atom stereocenters. The Bertz CT molecular complexity index is 699. The SMILES string of the molecule is COC1CC(n2c(CCl)nc3cc(Cl)c(F)cc32)C1(C)C. The molecular weight excluding hydrogens is 314 g/mol. The number of rotatable bonds is 3. The van der Waals surface area contributed by atoms with Crippen molar-refractivity contribution in [2.45, 2.75) is 38.3 Å². The molecule has 1 aliphatic carbocycles. The number of ether oxygens (including phenoxy) is 1. The fourth-order valence-electron chi connectivity index (χ4n) is 3.28. The highest BCUT2D eigenvalue weighted by Gasteiger charge is 2.50. The molecule has 6 heteroatoms. The molecule has 1 aliphatic rings. The van der Waals surface area contributed by atoms with E-state index >= 15 is 0 Å². The van der Waals surface area contributed by atoms with Gasteiger partial charge in [0.05, 0.1) is 28.0 Å². The van der Waals surface area contributed by atoms with Crippen LogP contribution in [0, 0.1) is 11.2 Å². The topological polar surface area (TPSA) is 27.1 Å². The molecule has 0 radical (unpaired) electrons. The number of alkyl halides is 1. The van der Waals surface area contributed by atoms with Crippen LogP contribution in [0.3, 0.4) is 0 Å². The largest absolute Gasteiger partial charge is 0.381 e. The van der Waals surface area contributed by atoms with Crippen molar-refractivity contribution in [3.05, 3.63) is 28.8 Å². The number of nitrogens with zero attached hydrogens (tertiary/aromatic N) is 2. The molecule has 1 saturated carbocycles. The first-order valence-electron chi connectivity index (χ1n) is 6.84. The average Bonchev–Trinajstić information content (AvgIpc) is 2.76. The number of fused-ring (bicyclic) bond motifs is 1. The van der Waals surface area contributed by atoms with Crippen molar-refractivity contribution in [3.8, 4) is 0 Å². The molecule has 1 fully saturated rings. The van der Waals surface area contributed by atoms with Crippen LogP contribution in [-0.4, -0.2) is 22.8 Å². The van der Waals surface area contributed by atoms with Crippen molar-refractivity contribution in [2.24, 2.45) is 5.41 Å². The lowest BCUT2D eigenvalue weighted by Gasteiger charge is -2.52. The van der Waals surface area contributed by atoms with E-state index in [1.165, 1.54) is 6.07 Å². The molecule has 0 bridgehead atoms. The van der Waals surface area contributed by atoms with Gasteiger partial charge in [0.2, 0.25) is 0 Å². The van der Waals surface area contributed by atoms with Gasteiger partial charge in [0.25, 0.3) is 0 Å². The third-order valence-electron chi connectivity index (χ3n) is 4.65. The number of imidazole rings is 1. The van der Waals surface area contributed by atoms with E-state index in [0.29, 0.717) is 5.52 Å². The molecule has 0 aliphatic heterocycles. The summed E-state index contributed by atoms with van der Waals surface area (Å²) in [5, 5.41) is 0.0795. The lowest BCUT2D eigenvalue weighted by molar-refractivity contribution is -0.112. The lowest BCUT2D eigenvalue weighted by Crippen LogP contribution is -2.51. The summed E-state index contributed by atoms with van der Waals surface area (Å²) in [5.74, 6) is 0.575. The molecule has 2 aromatic rings. The molecule has 2 atom stereocenters. The van der Waals surface area contributed by atoms with E-state index in [1.807, 2.05) is 4.57 Å². The molecule has 1 heterocycles. The van der Waals surface area contributed by atoms with E-state index in [4.69, 9.17) is 27.9 Å². The summed E-state index contributed by atoms with van der Waals surface area (Å²) in [5.41, 5.74) is 1.35. The zero-order chi connectivity index (χ0) is 15.4. The molecule has 0 saturated heterocycles. The molecular formula is C15H17Cl2FN2O. The van der Waals surface area contributed by atoms with Gasteiger partial charge >= 0.3 is 0 Å². The summed E-state index contributed by atoms with van der Waals surface area (Å²) in [6, 6.07) is 3.18. The predicted octanol–water partition coefficient (Wildman–Crippen LogP) is 4.55. The van der Waals surface area contributed by atoms with E-state index in [-0.39, 0.29) is 28.5 Å². The highest BCUT2D eigenvalue weighted by molar-refractivity contribution is 6.31. The molecule has 21 heavy (non-hydrogen) atoms. The Labute approximate surface area is 133 Å². The highest BCUT2D eigenvalue weighted by atomic mass is 35.5. The smallest absolute Gasteiger partial charge is 0.144 e. The number of halogens is 3. The summed E-state index contributed by atoms with van der Waals surface area (Å²) in [6.45, 7) is 4.29. The van der Waals surface area contributed by atoms with Crippen LogP contribution in [0.1, 0.15) is 32.1 Å². The normalized spacial score (nSPS) is 24.3. The van der Waals surface area contributed by atoms with Gasteiger partial charge in [-0.2, -0.15) is 0 Å². The monoisotopic (exact) mass is 330 g/mol. The van der Waals surface area contributed by atoms with E-state index in [9.17, 15) is 4.39 Å². The molecule has 0 spiro atoms. The number of hydrogen-bond acceptors (Lipinski definition) is 2. The van der Waals surface area contributed by atoms with Crippen molar-refractivity contribution in [1.29, 1.82) is 0 Å². The fraction of sp³-hybridized carbons (Fsp3) is 0.533. The van der Waals surface area contributed by atoms with Gasteiger partial charge in [0.15, 0.2) is 0 Å². The summed E-state index contributed by atoms with van der Waals surface area (Å²) in [4.78, 5) is 4.49. The number of methoxy groups -OCH3 is 1. The zero-order valence-electron chi connectivity index (χ0n) is 12.2. The maximum Gasteiger partial charge on any atom is 0.144 e. The predicted molar refractivity (Wildman–Crippen MR) is 82.5 cm³/mol. The van der Waals surface area contributed by atoms with Crippen LogP contribution in [0.4, 0.5) is 4.39 Å². The van der Waals surface area contributed by atoms with E-state index < -0.39 is 5.82 Å². The molecule has 0 N–H and O–H groups in total. The molecule has 1 aromatic heterocycles. The first-order valence-corrected chi connectivity index (χ1v) is 7.76. The minimum atomic E-state index is -0.438. The van der Waals surface area contributed by atoms with Crippen molar-refractivity contribution in [1.82, 2.24) is 9.55 Å². The van der Waals surface area contributed by atoms with Gasteiger partial charge in [-0.3, -0.25) is 0 Å². The third-order valence-corrected chi connectivity index (χ3v) is 5.18. The lowest BCUT2D eigenvalue weighted by atomic mass is 9.64. The van der Waals surface area contributed by atoms with Crippen molar-refractivity contribution >= 4 is 34.2 Å². The molecule has 0 amide bonds. The third kappa shape index (κ3) is 2.16. The second-order valence-electron chi connectivity index (χ2n) is 6.08. The number of benzene rings is 1. The van der Waals surface area contributed by atoms with Gasteiger partial charge in [-0.25, -0.2) is 9.37 Å². The van der Waals surface area contributed by atoms with Gasteiger partial charge in [0, 0.05) is 24.6 Å². The minimum Gasteiger partial charge on any atom is -0.381 e. The summed E-state index contributed by atoms with van der Waals surface area (Å²) in [7, 11) is 1.72. The maximum atomic E-state index is 13.8. The molecule has 114 valence electrons. The van der Waals surface area contributed by atoms with Crippen molar-refractivity contribution < 1.29 is 9.13 Å². The fourth-order valence-corrected chi connectivity index (χ4v) is 3.63. The van der Waals surface area contributed by atoms with Gasteiger partial charge in [0.1, 0.15) is 11.6 Å². The van der Waals surface area contributed by atoms with E-state index in [1.54, 1.807) is 13.2 Å². The maximum absolute atomic E-state index is 13.8. The summed E-state index contributed by atoms with van der Waals surface area (Å²) < 4.78 is 21.4. The molecule has 3 nitrogen and oxygen atoms in total. The Balaban J connectivity index is 2.16. The summed E-state index contributed by atoms with van der Waals surface area (Å²) in [6.07, 6.45) is 1.04. The second-order valence-corrected chi connectivity index (χ2v) is 6.76. The van der Waals surface area contributed by atoms with Crippen LogP contribution in [-0.2, 0) is 10.6 Å². The van der Waals surface area contributed by atoms with Crippen LogP contribution >= 0.6 is 23.2 Å². The van der Waals surface area contributed by atoms with Gasteiger partial charge in [-0.05, 0) is 12.5 Å². The van der Waals surface area contributed by atoms with Gasteiger partial charge < -0.3 is 9.30 Å². The standard InChI is InChI=1S/C15H17Cl2FN2O/c1-15(2)12(6-13(15)21-3)20-11-5-9(18)8(17)4-10(11)19-14(20)7-16/h4-5,12-13H,6-7H2,1-3H3. The van der Waals surface area contributed by atoms with Crippen LogP contribution < -0.4 is 0 Å². The first kappa shape index (κ1) is 15.1. The van der Waals surface area contributed by atoms with Crippen LogP contribution in [0.2, 0.25) is 5.02 Å². The number of aromatic nitrogens is 2. The molecule has 1 aromatic carbocycles. The van der Waals surface area contributed by atoms with Crippen molar-refractivity contribution in [2.75, 3.05) is 7.11 Å². The Hall–Kier alpha value is -0.840. The van der Waals surface area contributed by atoms with Crippen LogP contribution in [0.5, 0.6) is 0 Å². The Morgan fingerprint density at radius 1 is 1.48 bits per heavy atom. The van der Waals surface area contributed by atoms with Gasteiger partial charge in [-0.1, -0.05) is 25.4 Å². The number of hydrogen-bond donors (Lipinski definition) is 0. The quantitative estimate of drug-likeness (QED) is 0.771. The zero-order valence-corrected chi connectivity index (χ0v) is 13.7. The van der Waals surface area contributed by atoms with Crippen LogP contribution in [0.15, 0.2) is 12.1 Å². The van der Waals surface area contributed by atoms with E-state index in [2.05, 4.69) is 18.8 Å². The average molecular weight is 331 g/mol. The highest BCUT2D eigenvalue weighted by Crippen LogP contribution is 2.52. The molecule has 3 rings (SSSR count). The second kappa shape index (κ2) is 5.11. The Morgan fingerprint density at radius 3 is 2.76 bits per heavy atom. The minimum absolute atomic E-state index is 0.0562. The Kier molecular flexibility index (Phi) is 3.67.